The number of anilines is 1. The van der Waals surface area contributed by atoms with E-state index in [0.29, 0.717) is 24.2 Å². The van der Waals surface area contributed by atoms with Gasteiger partial charge < -0.3 is 15.5 Å². The van der Waals surface area contributed by atoms with Crippen LogP contribution in [0.15, 0.2) is 48.3 Å². The summed E-state index contributed by atoms with van der Waals surface area (Å²) in [6, 6.07) is 6.39. The minimum absolute atomic E-state index is 0.0683. The summed E-state index contributed by atoms with van der Waals surface area (Å²) in [7, 11) is 3.83. The molecular weight excluding hydrogens is 419 g/mol. The molecule has 0 fully saturated rings. The van der Waals surface area contributed by atoms with Crippen LogP contribution in [0.25, 0.3) is 5.57 Å². The Morgan fingerprint density at radius 3 is 2.62 bits per heavy atom. The summed E-state index contributed by atoms with van der Waals surface area (Å²) in [6.07, 6.45) is 0.531. The Kier molecular flexibility index (Phi) is 5.68. The lowest BCUT2D eigenvalue weighted by molar-refractivity contribution is -0.141. The largest absolute Gasteiger partial charge is 0.433 e. The highest BCUT2D eigenvalue weighted by Crippen LogP contribution is 2.36. The fraction of sp³-hybridized carbons (Fsp3) is 0.304. The predicted molar refractivity (Wildman–Crippen MR) is 117 cm³/mol. The third kappa shape index (κ3) is 4.20. The number of carbonyl (C=O) groups is 1. The average Bonchev–Trinajstić information content (AvgIpc) is 3.13. The maximum absolute atomic E-state index is 12.7. The topological polar surface area (TPSA) is 69.3 Å². The number of amides is 1. The van der Waals surface area contributed by atoms with E-state index in [0.717, 1.165) is 34.0 Å². The summed E-state index contributed by atoms with van der Waals surface area (Å²) >= 11 is 0. The number of nitrogens with zero attached hydrogens (tertiary/aromatic N) is 2. The van der Waals surface area contributed by atoms with Gasteiger partial charge in [-0.3, -0.25) is 15.1 Å². The third-order valence-electron chi connectivity index (χ3n) is 5.61. The number of nitrogens with one attached hydrogen (secondary N) is 3. The maximum atomic E-state index is 12.7. The first-order valence-corrected chi connectivity index (χ1v) is 10.2. The highest BCUT2D eigenvalue weighted by Gasteiger charge is 2.32. The Hall–Kier alpha value is -3.33. The number of pyridine rings is 1. The van der Waals surface area contributed by atoms with Crippen molar-refractivity contribution in [1.29, 1.82) is 0 Å². The molecule has 2 aliphatic rings. The van der Waals surface area contributed by atoms with E-state index in [1.165, 1.54) is 12.3 Å². The Morgan fingerprint density at radius 2 is 2.00 bits per heavy atom. The van der Waals surface area contributed by atoms with Crippen LogP contribution in [0.5, 0.6) is 0 Å². The molecule has 0 saturated carbocycles. The summed E-state index contributed by atoms with van der Waals surface area (Å²) in [6.45, 7) is 2.84. The summed E-state index contributed by atoms with van der Waals surface area (Å²) in [5.74, 6) is -0.0683. The van der Waals surface area contributed by atoms with Crippen molar-refractivity contribution < 1.29 is 18.0 Å². The first-order chi connectivity index (χ1) is 15.1. The normalized spacial score (nSPS) is 17.8. The molecule has 1 aromatic heterocycles. The van der Waals surface area contributed by atoms with E-state index in [-0.39, 0.29) is 12.1 Å². The number of fused-ring (bicyclic) bond motifs is 1. The van der Waals surface area contributed by atoms with E-state index >= 15 is 0 Å². The fourth-order valence-electron chi connectivity index (χ4n) is 3.96. The molecule has 2 aliphatic heterocycles. The highest BCUT2D eigenvalue weighted by atomic mass is 19.4. The number of aromatic nitrogens is 1. The number of hydrogen-bond acceptors (Lipinski definition) is 5. The maximum Gasteiger partial charge on any atom is 0.433 e. The van der Waals surface area contributed by atoms with Crippen LogP contribution in [-0.4, -0.2) is 31.2 Å². The molecule has 2 aromatic rings. The van der Waals surface area contributed by atoms with Crippen molar-refractivity contribution >= 4 is 17.2 Å². The van der Waals surface area contributed by atoms with Crippen LogP contribution in [0, 0.1) is 0 Å². The van der Waals surface area contributed by atoms with Gasteiger partial charge in [0.15, 0.2) is 0 Å². The van der Waals surface area contributed by atoms with E-state index in [4.69, 9.17) is 0 Å². The van der Waals surface area contributed by atoms with Gasteiger partial charge in [-0.1, -0.05) is 12.1 Å². The number of hydrogen-bond donors (Lipinski definition) is 3. The van der Waals surface area contributed by atoms with Gasteiger partial charge in [-0.2, -0.15) is 13.2 Å². The van der Waals surface area contributed by atoms with Crippen LogP contribution >= 0.6 is 0 Å². The van der Waals surface area contributed by atoms with E-state index in [2.05, 4.69) is 20.9 Å². The molecule has 32 heavy (non-hydrogen) atoms. The number of alkyl halides is 3. The van der Waals surface area contributed by atoms with Crippen molar-refractivity contribution in [3.8, 4) is 0 Å². The predicted octanol–water partition coefficient (Wildman–Crippen LogP) is 3.42. The van der Waals surface area contributed by atoms with Crippen LogP contribution in [0.2, 0.25) is 0 Å². The van der Waals surface area contributed by atoms with E-state index in [1.54, 1.807) is 0 Å². The minimum Gasteiger partial charge on any atom is -0.377 e. The van der Waals surface area contributed by atoms with Crippen molar-refractivity contribution in [2.24, 2.45) is 0 Å². The molecule has 1 atom stereocenters. The molecule has 0 aliphatic carbocycles. The molecule has 0 saturated heterocycles. The van der Waals surface area contributed by atoms with Crippen LogP contribution in [-0.2, 0) is 19.3 Å². The molecular formula is C23H24F3N5O. The lowest BCUT2D eigenvalue weighted by Gasteiger charge is -2.25. The van der Waals surface area contributed by atoms with Crippen LogP contribution in [0.1, 0.15) is 39.7 Å². The standard InChI is InChI=1S/C23H24F3N5O/c1-13-8-20(28-10-14-4-7-19(27-9-14)23(24,25)26)29-11-16(13)15-5-6-18(31(2)3)21-17(15)12-30-22(21)32/h4-9,11,20,28-29H,10,12H2,1-3H3,(H,30,32). The monoisotopic (exact) mass is 443 g/mol. The number of rotatable bonds is 5. The molecule has 4 rings (SSSR count). The van der Waals surface area contributed by atoms with E-state index in [9.17, 15) is 18.0 Å². The summed E-state index contributed by atoms with van der Waals surface area (Å²) in [5, 5.41) is 9.45. The van der Waals surface area contributed by atoms with Crippen LogP contribution in [0.4, 0.5) is 18.9 Å². The Labute approximate surface area is 184 Å². The molecule has 0 bridgehead atoms. The molecule has 9 heteroatoms. The van der Waals surface area contributed by atoms with Gasteiger partial charge in [-0.15, -0.1) is 0 Å². The summed E-state index contributed by atoms with van der Waals surface area (Å²) in [4.78, 5) is 17.8. The Morgan fingerprint density at radius 1 is 1.22 bits per heavy atom. The fourth-order valence-corrected chi connectivity index (χ4v) is 3.96. The zero-order valence-corrected chi connectivity index (χ0v) is 18.0. The summed E-state index contributed by atoms with van der Waals surface area (Å²) in [5.41, 5.74) is 5.34. The Balaban J connectivity index is 1.48. The molecule has 1 unspecified atom stereocenters. The second-order valence-corrected chi connectivity index (χ2v) is 8.05. The van der Waals surface area contributed by atoms with Gasteiger partial charge in [0.1, 0.15) is 5.69 Å². The number of halogens is 3. The first kappa shape index (κ1) is 21.9. The first-order valence-electron chi connectivity index (χ1n) is 10.2. The van der Waals surface area contributed by atoms with E-state index in [1.807, 2.05) is 50.3 Å². The van der Waals surface area contributed by atoms with Crippen LogP contribution < -0.4 is 20.9 Å². The Bertz CT molecular complexity index is 1100. The molecule has 0 radical (unpaired) electrons. The second kappa shape index (κ2) is 8.31. The molecule has 3 heterocycles. The van der Waals surface area contributed by atoms with E-state index < -0.39 is 11.9 Å². The molecule has 1 amide bonds. The van der Waals surface area contributed by atoms with Crippen molar-refractivity contribution in [1.82, 2.24) is 20.9 Å². The zero-order chi connectivity index (χ0) is 23.0. The number of carbonyl (C=O) groups excluding carboxylic acids is 1. The van der Waals surface area contributed by atoms with Crippen molar-refractivity contribution in [2.45, 2.75) is 32.4 Å². The van der Waals surface area contributed by atoms with Crippen molar-refractivity contribution in [2.75, 3.05) is 19.0 Å². The van der Waals surface area contributed by atoms with Gasteiger partial charge in [0.2, 0.25) is 0 Å². The third-order valence-corrected chi connectivity index (χ3v) is 5.61. The highest BCUT2D eigenvalue weighted by molar-refractivity contribution is 6.05. The van der Waals surface area contributed by atoms with Gasteiger partial charge in [0, 0.05) is 50.8 Å². The van der Waals surface area contributed by atoms with Gasteiger partial charge in [0.05, 0.1) is 11.7 Å². The molecule has 6 nitrogen and oxygen atoms in total. The van der Waals surface area contributed by atoms with Crippen LogP contribution in [0.3, 0.4) is 0 Å². The lowest BCUT2D eigenvalue weighted by atomic mass is 9.90. The summed E-state index contributed by atoms with van der Waals surface area (Å²) < 4.78 is 38.0. The van der Waals surface area contributed by atoms with Gasteiger partial charge in [-0.25, -0.2) is 0 Å². The van der Waals surface area contributed by atoms with Crippen molar-refractivity contribution in [3.05, 3.63) is 76.3 Å². The lowest BCUT2D eigenvalue weighted by Crippen LogP contribution is -2.39. The van der Waals surface area contributed by atoms with Crippen molar-refractivity contribution in [3.63, 3.8) is 0 Å². The average molecular weight is 443 g/mol. The molecule has 1 aromatic carbocycles. The quantitative estimate of drug-likeness (QED) is 0.661. The minimum atomic E-state index is -4.44. The molecule has 0 spiro atoms. The molecule has 3 N–H and O–H groups in total. The number of benzene rings is 1. The second-order valence-electron chi connectivity index (χ2n) is 8.05. The number of dihydropyridines is 1. The van der Waals surface area contributed by atoms with Gasteiger partial charge in [-0.05, 0) is 47.4 Å². The smallest absolute Gasteiger partial charge is 0.377 e. The number of allylic oxidation sites excluding steroid dienone is 2. The molecule has 168 valence electrons. The van der Waals surface area contributed by atoms with Gasteiger partial charge >= 0.3 is 6.18 Å². The SMILES string of the molecule is CC1=CC(NCc2ccc(C(F)(F)F)nc2)NC=C1c1ccc(N(C)C)c2c1CNC2=O. The zero-order valence-electron chi connectivity index (χ0n) is 18.0. The van der Waals surface area contributed by atoms with Gasteiger partial charge in [0.25, 0.3) is 5.91 Å².